The number of nitrogens with zero attached hydrogens (tertiary/aromatic N) is 3. The molecule has 0 bridgehead atoms. The number of aliphatic hydroxyl groups excluding tert-OH is 1. The van der Waals surface area contributed by atoms with Crippen molar-refractivity contribution in [3.05, 3.63) is 107 Å². The number of nitrogens with one attached hydrogen (secondary N) is 1. The van der Waals surface area contributed by atoms with Crippen LogP contribution in [0.4, 0.5) is 9.80 Å². The smallest absolute Gasteiger partial charge is 0.255 e. The third-order valence-corrected chi connectivity index (χ3v) is 11.4. The maximum absolute atomic E-state index is 15.7. The van der Waals surface area contributed by atoms with Gasteiger partial charge in [0.25, 0.3) is 5.91 Å². The zero-order valence-corrected chi connectivity index (χ0v) is 27.4. The first-order valence-corrected chi connectivity index (χ1v) is 18.6. The van der Waals surface area contributed by atoms with Gasteiger partial charge < -0.3 is 24.0 Å². The number of carbonyl (C=O) groups is 1. The third-order valence-electron chi connectivity index (χ3n) is 8.92. The molecular formula is C35H43FN4O4Si. The van der Waals surface area contributed by atoms with Gasteiger partial charge in [0.1, 0.15) is 5.75 Å². The van der Waals surface area contributed by atoms with E-state index in [9.17, 15) is 9.90 Å². The lowest BCUT2D eigenvalue weighted by Crippen LogP contribution is -2.36. The molecular weight excluding hydrogens is 587 g/mol. The Balaban J connectivity index is 1.16. The molecule has 1 amide bonds. The molecule has 8 nitrogen and oxygen atoms in total. The Labute approximate surface area is 265 Å². The molecule has 0 spiro atoms. The SMILES string of the molecule is COc1ccc(C(=O)Nc2ccc(CC[C@H]3O[C@@H](CCn4cc(C(CO)c5ccccc5)nn4)[C@H]([Si](C)(C)F)[C@H]3C)cc2)cc1. The number of amides is 1. The molecule has 1 unspecified atom stereocenters. The molecule has 0 radical (unpaired) electrons. The topological polar surface area (TPSA) is 98.5 Å². The van der Waals surface area contributed by atoms with E-state index in [-0.39, 0.29) is 42.1 Å². The van der Waals surface area contributed by atoms with Gasteiger partial charge in [-0.3, -0.25) is 9.48 Å². The highest BCUT2D eigenvalue weighted by molar-refractivity contribution is 6.72. The number of methoxy groups -OCH3 is 1. The molecule has 1 saturated heterocycles. The van der Waals surface area contributed by atoms with E-state index < -0.39 is 8.41 Å². The fourth-order valence-electron chi connectivity index (χ4n) is 6.55. The number of aromatic nitrogens is 3. The Morgan fingerprint density at radius 2 is 1.76 bits per heavy atom. The minimum atomic E-state index is -3.01. The average Bonchev–Trinajstić information content (AvgIpc) is 3.64. The summed E-state index contributed by atoms with van der Waals surface area (Å²) in [5, 5.41) is 21.6. The zero-order valence-electron chi connectivity index (χ0n) is 26.4. The van der Waals surface area contributed by atoms with Crippen molar-refractivity contribution in [3.8, 4) is 5.75 Å². The summed E-state index contributed by atoms with van der Waals surface area (Å²) < 4.78 is 29.2. The molecule has 1 aliphatic rings. The number of hydrogen-bond acceptors (Lipinski definition) is 6. The van der Waals surface area contributed by atoms with Gasteiger partial charge in [0.15, 0.2) is 0 Å². The maximum atomic E-state index is 15.7. The van der Waals surface area contributed by atoms with E-state index in [1.54, 1.807) is 49.2 Å². The van der Waals surface area contributed by atoms with E-state index in [1.165, 1.54) is 0 Å². The second-order valence-corrected chi connectivity index (χ2v) is 16.2. The predicted octanol–water partition coefficient (Wildman–Crippen LogP) is 6.63. The normalized spacial score (nSPS) is 20.6. The Kier molecular flexibility index (Phi) is 10.5. The maximum Gasteiger partial charge on any atom is 0.255 e. The summed E-state index contributed by atoms with van der Waals surface area (Å²) in [4.78, 5) is 12.6. The summed E-state index contributed by atoms with van der Waals surface area (Å²) in [6.07, 6.45) is 3.87. The molecule has 10 heteroatoms. The number of halogens is 1. The average molecular weight is 631 g/mol. The van der Waals surface area contributed by atoms with E-state index in [1.807, 2.05) is 60.8 Å². The fraction of sp³-hybridized carbons (Fsp3) is 0.400. The van der Waals surface area contributed by atoms with Crippen LogP contribution in [0.5, 0.6) is 5.75 Å². The summed E-state index contributed by atoms with van der Waals surface area (Å²) in [6, 6.07) is 24.6. The Bertz CT molecular complexity index is 1530. The molecule has 1 aliphatic heterocycles. The summed E-state index contributed by atoms with van der Waals surface area (Å²) in [6.45, 7) is 6.20. The summed E-state index contributed by atoms with van der Waals surface area (Å²) in [5.41, 5.74) is 4.00. The van der Waals surface area contributed by atoms with Gasteiger partial charge in [-0.25, -0.2) is 0 Å². The van der Waals surface area contributed by atoms with E-state index in [0.717, 1.165) is 29.7 Å². The molecule has 1 fully saturated rings. The van der Waals surface area contributed by atoms with Gasteiger partial charge in [-0.15, -0.1) is 5.10 Å². The number of rotatable bonds is 13. The molecule has 3 aromatic carbocycles. The van der Waals surface area contributed by atoms with Gasteiger partial charge in [0, 0.05) is 29.5 Å². The summed E-state index contributed by atoms with van der Waals surface area (Å²) in [7, 11) is -1.42. The molecule has 1 aromatic heterocycles. The van der Waals surface area contributed by atoms with Crippen molar-refractivity contribution in [1.82, 2.24) is 15.0 Å². The van der Waals surface area contributed by atoms with Crippen molar-refractivity contribution >= 4 is 20.0 Å². The van der Waals surface area contributed by atoms with Gasteiger partial charge in [-0.2, -0.15) is 0 Å². The highest BCUT2D eigenvalue weighted by Gasteiger charge is 2.50. The molecule has 2 heterocycles. The third kappa shape index (κ3) is 8.05. The van der Waals surface area contributed by atoms with E-state index in [2.05, 4.69) is 22.6 Å². The van der Waals surface area contributed by atoms with Crippen molar-refractivity contribution in [2.45, 2.75) is 69.5 Å². The molecule has 5 atom stereocenters. The molecule has 5 rings (SSSR count). The standard InChI is InChI=1S/C35H43FN4O4Si/c1-24-32(19-12-25-10-15-28(16-11-25)37-35(42)27-13-17-29(43-2)18-14-27)44-33(34(24)45(3,4)36)20-21-40-22-31(38-39-40)30(23-41)26-8-6-5-7-9-26/h5-11,13-18,22,24,30,32-34,41H,12,19-21,23H2,1-4H3,(H,37,42)/t24-,30?,32+,33-,34+/m0/s1. The first kappa shape index (κ1) is 32.5. The van der Waals surface area contributed by atoms with Gasteiger partial charge in [0.2, 0.25) is 8.41 Å². The zero-order chi connectivity index (χ0) is 32.0. The van der Waals surface area contributed by atoms with Crippen molar-refractivity contribution in [3.63, 3.8) is 0 Å². The van der Waals surface area contributed by atoms with Crippen LogP contribution in [0.1, 0.15) is 52.9 Å². The first-order chi connectivity index (χ1) is 21.7. The number of benzene rings is 3. The van der Waals surface area contributed by atoms with Crippen LogP contribution in [-0.2, 0) is 17.7 Å². The number of hydrogen-bond donors (Lipinski definition) is 2. The van der Waals surface area contributed by atoms with Crippen molar-refractivity contribution < 1.29 is 23.5 Å². The molecule has 4 aromatic rings. The lowest BCUT2D eigenvalue weighted by molar-refractivity contribution is 0.0247. The van der Waals surface area contributed by atoms with E-state index in [0.29, 0.717) is 30.0 Å². The highest BCUT2D eigenvalue weighted by Crippen LogP contribution is 2.47. The Morgan fingerprint density at radius 1 is 1.04 bits per heavy atom. The number of ether oxygens (including phenoxy) is 2. The lowest BCUT2D eigenvalue weighted by Gasteiger charge is -2.28. The first-order valence-electron chi connectivity index (χ1n) is 15.6. The Hall–Kier alpha value is -3.86. The van der Waals surface area contributed by atoms with Gasteiger partial charge >= 0.3 is 0 Å². The molecule has 45 heavy (non-hydrogen) atoms. The molecule has 0 aliphatic carbocycles. The van der Waals surface area contributed by atoms with Crippen molar-refractivity contribution in [2.24, 2.45) is 5.92 Å². The number of anilines is 1. The van der Waals surface area contributed by atoms with Crippen LogP contribution in [0.25, 0.3) is 0 Å². The van der Waals surface area contributed by atoms with Gasteiger partial charge in [-0.05, 0) is 85.8 Å². The molecule has 238 valence electrons. The van der Waals surface area contributed by atoms with Gasteiger partial charge in [-0.1, -0.05) is 54.6 Å². The lowest BCUT2D eigenvalue weighted by atomic mass is 9.95. The second kappa shape index (κ2) is 14.5. The minimum absolute atomic E-state index is 0.0415. The quantitative estimate of drug-likeness (QED) is 0.127. The van der Waals surface area contributed by atoms with Gasteiger partial charge in [0.05, 0.1) is 37.5 Å². The summed E-state index contributed by atoms with van der Waals surface area (Å²) >= 11 is 0. The largest absolute Gasteiger partial charge is 0.497 e. The van der Waals surface area contributed by atoms with Crippen LogP contribution in [0, 0.1) is 5.92 Å². The van der Waals surface area contributed by atoms with Crippen LogP contribution < -0.4 is 10.1 Å². The summed E-state index contributed by atoms with van der Waals surface area (Å²) in [5.74, 6) is 0.385. The fourth-order valence-corrected chi connectivity index (χ4v) is 9.15. The minimum Gasteiger partial charge on any atom is -0.497 e. The number of aryl methyl sites for hydroxylation is 2. The van der Waals surface area contributed by atoms with Crippen LogP contribution in [0.3, 0.4) is 0 Å². The van der Waals surface area contributed by atoms with Crippen LogP contribution in [0.15, 0.2) is 85.1 Å². The molecule has 0 saturated carbocycles. The monoisotopic (exact) mass is 630 g/mol. The molecule has 2 N–H and O–H groups in total. The van der Waals surface area contributed by atoms with Crippen molar-refractivity contribution in [2.75, 3.05) is 19.0 Å². The van der Waals surface area contributed by atoms with Crippen LogP contribution in [-0.4, -0.2) is 60.3 Å². The highest BCUT2D eigenvalue weighted by atomic mass is 28.4. The van der Waals surface area contributed by atoms with Crippen molar-refractivity contribution in [1.29, 1.82) is 0 Å². The van der Waals surface area contributed by atoms with E-state index in [4.69, 9.17) is 9.47 Å². The second-order valence-electron chi connectivity index (χ2n) is 12.4. The predicted molar refractivity (Wildman–Crippen MR) is 176 cm³/mol. The van der Waals surface area contributed by atoms with E-state index >= 15 is 4.11 Å². The Morgan fingerprint density at radius 3 is 2.40 bits per heavy atom. The number of carbonyl (C=O) groups excluding carboxylic acids is 1. The van der Waals surface area contributed by atoms with Crippen LogP contribution >= 0.6 is 0 Å². The van der Waals surface area contributed by atoms with Crippen LogP contribution in [0.2, 0.25) is 18.6 Å². The number of aliphatic hydroxyl groups is 1.